The third-order valence-corrected chi connectivity index (χ3v) is 12.8. The molecular weight excluding hydrogens is 1040 g/mol. The number of aliphatic hydroxyl groups excluding tert-OH is 10. The van der Waals surface area contributed by atoms with Gasteiger partial charge in [-0.2, -0.15) is 0 Å². The number of carbonyl (C=O) groups is 4. The summed E-state index contributed by atoms with van der Waals surface area (Å²) >= 11 is 0. The van der Waals surface area contributed by atoms with Gasteiger partial charge in [-0.05, 0) is 59.7 Å². The molecule has 27 nitrogen and oxygen atoms in total. The van der Waals surface area contributed by atoms with Crippen LogP contribution in [-0.4, -0.2) is 234 Å². The molecule has 426 valence electrons. The Morgan fingerprint density at radius 1 is 0.538 bits per heavy atom. The van der Waals surface area contributed by atoms with E-state index < -0.39 is 173 Å². The fourth-order valence-electron chi connectivity index (χ4n) is 8.66. The second kappa shape index (κ2) is 26.7. The first-order chi connectivity index (χ1) is 37.3. The van der Waals surface area contributed by atoms with Gasteiger partial charge in [0.05, 0.1) is 25.4 Å². The lowest BCUT2D eigenvalue weighted by Crippen LogP contribution is -2.69. The molecule has 12 N–H and O–H groups in total. The number of carbonyl (C=O) groups excluding carboxylic acids is 4. The Labute approximate surface area is 443 Å². The zero-order valence-corrected chi connectivity index (χ0v) is 41.2. The molecule has 7 rings (SSSR count). The normalized spacial score (nSPS) is 35.1. The smallest absolute Gasteiger partial charge is 0.338 e. The van der Waals surface area contributed by atoms with Crippen LogP contribution < -0.4 is 0 Å². The number of aromatic hydroxyl groups is 2. The van der Waals surface area contributed by atoms with E-state index in [0.29, 0.717) is 11.1 Å². The van der Waals surface area contributed by atoms with Gasteiger partial charge in [0.15, 0.2) is 31.1 Å². The molecule has 0 aromatic heterocycles. The summed E-state index contributed by atoms with van der Waals surface area (Å²) in [4.78, 5) is 53.1. The molecule has 0 aliphatic carbocycles. The number of rotatable bonds is 20. The number of hydrogen-bond acceptors (Lipinski definition) is 27. The zero-order valence-electron chi connectivity index (χ0n) is 41.2. The minimum absolute atomic E-state index is 0.0793. The largest absolute Gasteiger partial charge is 0.508 e. The molecule has 4 heterocycles. The van der Waals surface area contributed by atoms with Crippen molar-refractivity contribution < 1.29 is 133 Å². The lowest BCUT2D eigenvalue weighted by atomic mass is 9.95. The molecule has 0 spiro atoms. The predicted octanol–water partition coefficient (Wildman–Crippen LogP) is -3.37. The van der Waals surface area contributed by atoms with Crippen LogP contribution in [0.3, 0.4) is 0 Å². The average Bonchev–Trinajstić information content (AvgIpc) is 3.78. The van der Waals surface area contributed by atoms with Crippen LogP contribution in [-0.2, 0) is 66.5 Å². The number of benzene rings is 3. The molecule has 0 radical (unpaired) electrons. The lowest BCUT2D eigenvalue weighted by Gasteiger charge is -2.50. The van der Waals surface area contributed by atoms with E-state index in [1.54, 1.807) is 6.07 Å². The summed E-state index contributed by atoms with van der Waals surface area (Å²) in [7, 11) is 0. The van der Waals surface area contributed by atoms with Crippen LogP contribution in [0.25, 0.3) is 12.2 Å². The minimum Gasteiger partial charge on any atom is -0.508 e. The topological polar surface area (TPSA) is 413 Å². The van der Waals surface area contributed by atoms with Crippen LogP contribution in [0.1, 0.15) is 28.4 Å². The summed E-state index contributed by atoms with van der Waals surface area (Å²) in [6.45, 7) is -4.11. The summed E-state index contributed by atoms with van der Waals surface area (Å²) in [5.41, 5.74) is 0.671. The second-order valence-corrected chi connectivity index (χ2v) is 18.3. The van der Waals surface area contributed by atoms with Crippen LogP contribution in [0.5, 0.6) is 11.5 Å². The molecule has 4 aliphatic heterocycles. The molecule has 3 aromatic rings. The van der Waals surface area contributed by atoms with Crippen LogP contribution in [0.2, 0.25) is 0 Å². The molecule has 27 heteroatoms. The van der Waals surface area contributed by atoms with Crippen molar-refractivity contribution in [3.8, 4) is 11.5 Å². The van der Waals surface area contributed by atoms with Gasteiger partial charge in [-0.25, -0.2) is 14.4 Å². The Balaban J connectivity index is 1.36. The highest BCUT2D eigenvalue weighted by Crippen LogP contribution is 2.42. The quantitative estimate of drug-likeness (QED) is 0.0298. The van der Waals surface area contributed by atoms with E-state index in [9.17, 15) is 80.5 Å². The molecule has 3 aromatic carbocycles. The van der Waals surface area contributed by atoms with Crippen molar-refractivity contribution in [2.75, 3.05) is 33.0 Å². The first kappa shape index (κ1) is 59.6. The van der Waals surface area contributed by atoms with E-state index in [-0.39, 0.29) is 17.1 Å². The van der Waals surface area contributed by atoms with E-state index in [1.165, 1.54) is 84.9 Å². The van der Waals surface area contributed by atoms with Gasteiger partial charge in [0, 0.05) is 19.1 Å². The van der Waals surface area contributed by atoms with Gasteiger partial charge in [-0.15, -0.1) is 0 Å². The fraction of sp³-hybridized carbons (Fsp3) is 0.490. The maximum atomic E-state index is 13.9. The molecule has 78 heavy (non-hydrogen) atoms. The Bertz CT molecular complexity index is 2510. The van der Waals surface area contributed by atoms with E-state index >= 15 is 0 Å². The summed E-state index contributed by atoms with van der Waals surface area (Å²) in [6.07, 6.45) is -32.9. The molecule has 4 fully saturated rings. The van der Waals surface area contributed by atoms with E-state index in [1.807, 2.05) is 0 Å². The monoisotopic (exact) mass is 1100 g/mol. The van der Waals surface area contributed by atoms with Crippen molar-refractivity contribution >= 4 is 36.0 Å². The second-order valence-electron chi connectivity index (χ2n) is 18.3. The number of esters is 4. The van der Waals surface area contributed by atoms with Crippen molar-refractivity contribution in [3.05, 3.63) is 108 Å². The highest BCUT2D eigenvalue weighted by molar-refractivity contribution is 5.90. The van der Waals surface area contributed by atoms with Crippen LogP contribution in [0.4, 0.5) is 0 Å². The number of aliphatic hydroxyl groups is 10. The average molecular weight is 1110 g/mol. The van der Waals surface area contributed by atoms with Gasteiger partial charge in [0.2, 0.25) is 5.79 Å². The predicted molar refractivity (Wildman–Crippen MR) is 255 cm³/mol. The Morgan fingerprint density at radius 2 is 1.05 bits per heavy atom. The van der Waals surface area contributed by atoms with Crippen molar-refractivity contribution in [3.63, 3.8) is 0 Å². The third-order valence-electron chi connectivity index (χ3n) is 12.8. The number of phenols is 2. The van der Waals surface area contributed by atoms with Crippen LogP contribution in [0.15, 0.2) is 91.0 Å². The van der Waals surface area contributed by atoms with Crippen LogP contribution in [0, 0.1) is 0 Å². The summed E-state index contributed by atoms with van der Waals surface area (Å²) in [6, 6.07) is 18.3. The third kappa shape index (κ3) is 14.2. The first-order valence-electron chi connectivity index (χ1n) is 24.2. The summed E-state index contributed by atoms with van der Waals surface area (Å²) in [5, 5.41) is 129. The Kier molecular flexibility index (Phi) is 20.4. The number of hydrogen-bond donors (Lipinski definition) is 12. The van der Waals surface area contributed by atoms with E-state index in [4.69, 9.17) is 52.1 Å². The zero-order chi connectivity index (χ0) is 56.4. The number of phenolic OH excluding ortho intramolecular Hbond substituents is 2. The Hall–Kier alpha value is -6.06. The summed E-state index contributed by atoms with van der Waals surface area (Å²) < 4.78 is 65.2. The molecule has 0 bridgehead atoms. The molecule has 0 unspecified atom stereocenters. The number of ether oxygens (including phenoxy) is 11. The van der Waals surface area contributed by atoms with Crippen molar-refractivity contribution in [1.29, 1.82) is 0 Å². The molecule has 0 amide bonds. The maximum Gasteiger partial charge on any atom is 0.338 e. The SMILES string of the molecule is CC(=O)OC[C@@H]1O[C@@H](O[C@@H]2[C@H](O[C@H]3O[C@H](CO)[C@@H](O)[C@H](O)[C@H]3O)[C@H](O[C@]3(COC(=O)C=Cc4ccc(O)cc4)O[C@H](CO)[C@@H](O)[C@H]3OC(=O)c3ccccc3)O[C@@H](CO)[C@H]2OC(=O)C=Cc2ccc(O)cc2)[C@H](O)[C@@H](O)[C@@H]1O. The van der Waals surface area contributed by atoms with Gasteiger partial charge in [0.25, 0.3) is 0 Å². The van der Waals surface area contributed by atoms with Crippen molar-refractivity contribution in [1.82, 2.24) is 0 Å². The van der Waals surface area contributed by atoms with Gasteiger partial charge in [-0.3, -0.25) is 4.79 Å². The molecule has 0 saturated carbocycles. The van der Waals surface area contributed by atoms with Crippen molar-refractivity contribution in [2.45, 2.75) is 123 Å². The van der Waals surface area contributed by atoms with E-state index in [0.717, 1.165) is 19.1 Å². The minimum atomic E-state index is -2.88. The first-order valence-corrected chi connectivity index (χ1v) is 24.2. The van der Waals surface area contributed by atoms with E-state index in [2.05, 4.69) is 0 Å². The lowest BCUT2D eigenvalue weighted by molar-refractivity contribution is -0.421. The maximum absolute atomic E-state index is 13.9. The Morgan fingerprint density at radius 3 is 1.60 bits per heavy atom. The molecular formula is C51H60O27. The van der Waals surface area contributed by atoms with Gasteiger partial charge >= 0.3 is 23.9 Å². The van der Waals surface area contributed by atoms with Gasteiger partial charge in [0.1, 0.15) is 104 Å². The van der Waals surface area contributed by atoms with Crippen molar-refractivity contribution in [2.24, 2.45) is 0 Å². The van der Waals surface area contributed by atoms with Gasteiger partial charge < -0.3 is 113 Å². The molecule has 4 aliphatic rings. The highest BCUT2D eigenvalue weighted by atomic mass is 16.8. The summed E-state index contributed by atoms with van der Waals surface area (Å²) in [5.74, 6) is -7.41. The van der Waals surface area contributed by atoms with Crippen LogP contribution >= 0.6 is 0 Å². The highest BCUT2D eigenvalue weighted by Gasteiger charge is 2.64. The fourth-order valence-corrected chi connectivity index (χ4v) is 8.66. The van der Waals surface area contributed by atoms with Gasteiger partial charge in [-0.1, -0.05) is 42.5 Å². The molecule has 19 atom stereocenters. The standard InChI is InChI=1S/C51H60O27/c1-24(55)68-22-33-37(61)40(64)42(66)49(72-33)74-44-43(73-35(59)18-12-26-9-15-29(57)16-10-26)32(21-54)71-50(45(44)75-48-41(65)39(63)36(60)30(19-52)70-48)78-51(23-69-34(58)17-11-25-7-13-28(56)14-8-25)46(38(62)31(20-53)77-51)76-47(67)27-5-3-2-4-6-27/h2-18,30-33,36-46,48-50,52-54,56-57,60-66H,19-23H2,1H3/t30-,31-,32+,33+,36-,37-,38-,39+,40+,41-,42-,43-,44+,45+,46-,48-,49+,50+,51+/m1/s1. The molecule has 4 saturated heterocycles.